The third kappa shape index (κ3) is 4.88. The van der Waals surface area contributed by atoms with E-state index in [4.69, 9.17) is 10.1 Å². The number of piperazine rings is 1. The van der Waals surface area contributed by atoms with E-state index in [0.29, 0.717) is 12.4 Å². The number of hydrogen-bond donors (Lipinski definition) is 2. The molecule has 0 radical (unpaired) electrons. The molecule has 2 aromatic rings. The van der Waals surface area contributed by atoms with Gasteiger partial charge in [-0.05, 0) is 26.6 Å². The van der Waals surface area contributed by atoms with Gasteiger partial charge in [-0.15, -0.1) is 0 Å². The number of nitrogens with zero attached hydrogens (tertiary/aromatic N) is 5. The van der Waals surface area contributed by atoms with Crippen LogP contribution in [0.5, 0.6) is 5.75 Å². The van der Waals surface area contributed by atoms with E-state index >= 15 is 0 Å². The van der Waals surface area contributed by atoms with Crippen LogP contribution in [-0.4, -0.2) is 86.1 Å². The molecule has 2 N–H and O–H groups in total. The third-order valence-corrected chi connectivity index (χ3v) is 4.96. The Labute approximate surface area is 167 Å². The molecule has 1 aliphatic rings. The minimum absolute atomic E-state index is 0.603. The second-order valence-corrected chi connectivity index (χ2v) is 7.33. The molecule has 8 heteroatoms. The topological polar surface area (TPSA) is 80.6 Å². The molecule has 0 unspecified atom stereocenters. The van der Waals surface area contributed by atoms with Gasteiger partial charge in [0.1, 0.15) is 17.9 Å². The monoisotopic (exact) mass is 385 g/mol. The van der Waals surface area contributed by atoms with Gasteiger partial charge in [0.2, 0.25) is 0 Å². The molecule has 8 nitrogen and oxygen atoms in total. The zero-order chi connectivity index (χ0) is 19.9. The summed E-state index contributed by atoms with van der Waals surface area (Å²) < 4.78 is 6.04. The van der Waals surface area contributed by atoms with Gasteiger partial charge in [0.15, 0.2) is 0 Å². The summed E-state index contributed by atoms with van der Waals surface area (Å²) >= 11 is 0. The lowest BCUT2D eigenvalue weighted by molar-refractivity contribution is 0.229. The Hall–Kier alpha value is -2.45. The van der Waals surface area contributed by atoms with Gasteiger partial charge < -0.3 is 19.9 Å². The number of hydrogen-bond acceptors (Lipinski definition) is 7. The molecule has 1 saturated heterocycles. The van der Waals surface area contributed by atoms with Crippen LogP contribution >= 0.6 is 0 Å². The number of aromatic nitrogens is 2. The van der Waals surface area contributed by atoms with Crippen molar-refractivity contribution in [2.75, 3.05) is 70.2 Å². The first-order chi connectivity index (χ1) is 13.6. The highest BCUT2D eigenvalue weighted by Crippen LogP contribution is 2.35. The zero-order valence-corrected chi connectivity index (χ0v) is 17.1. The fourth-order valence-electron chi connectivity index (χ4n) is 3.40. The first kappa shape index (κ1) is 20.3. The molecule has 0 saturated carbocycles. The first-order valence-corrected chi connectivity index (χ1v) is 9.91. The van der Waals surface area contributed by atoms with Crippen LogP contribution in [0.1, 0.15) is 13.3 Å². The zero-order valence-electron chi connectivity index (χ0n) is 17.1. The lowest BCUT2D eigenvalue weighted by Gasteiger charge is -2.36. The van der Waals surface area contributed by atoms with Gasteiger partial charge in [-0.2, -0.15) is 0 Å². The lowest BCUT2D eigenvalue weighted by atomic mass is 10.1. The Morgan fingerprint density at radius 2 is 2.00 bits per heavy atom. The second-order valence-electron chi connectivity index (χ2n) is 7.33. The summed E-state index contributed by atoms with van der Waals surface area (Å²) in [5, 5.41) is 11.1. The van der Waals surface area contributed by atoms with E-state index in [0.717, 1.165) is 74.4 Å². The van der Waals surface area contributed by atoms with Crippen LogP contribution in [0.15, 0.2) is 18.5 Å². The Morgan fingerprint density at radius 3 is 2.68 bits per heavy atom. The molecule has 1 aliphatic heterocycles. The molecule has 152 valence electrons. The van der Waals surface area contributed by atoms with E-state index in [1.165, 1.54) is 6.33 Å². The summed E-state index contributed by atoms with van der Waals surface area (Å²) in [6, 6.07) is 4.19. The van der Waals surface area contributed by atoms with Gasteiger partial charge in [-0.25, -0.2) is 9.97 Å². The molecule has 0 amide bonds. The molecule has 0 atom stereocenters. The molecule has 1 fully saturated rings. The molecule has 2 heterocycles. The second kappa shape index (κ2) is 9.66. The molecular formula is C20H31N7O. The van der Waals surface area contributed by atoms with Crippen molar-refractivity contribution < 1.29 is 4.74 Å². The van der Waals surface area contributed by atoms with Crippen LogP contribution in [-0.2, 0) is 0 Å². The number of likely N-dealkylation sites (N-methyl/N-ethyl adjacent to an activating group) is 1. The van der Waals surface area contributed by atoms with E-state index in [1.807, 2.05) is 0 Å². The van der Waals surface area contributed by atoms with Gasteiger partial charge in [0.05, 0.1) is 23.8 Å². The standard InChI is InChI=1S/C20H31N7O/c1-4-11-28-18-13-16(12-17-19(18)20(22-14-21)24-15-23-17)27-9-7-26(8-10-27)6-5-25(2)3/h12-15H,4-11H2,1-3H3,(H2,21,22,23,24). The number of ether oxygens (including phenoxy) is 1. The Morgan fingerprint density at radius 1 is 1.21 bits per heavy atom. The summed E-state index contributed by atoms with van der Waals surface area (Å²) in [5.41, 5.74) is 1.96. The molecule has 0 aliphatic carbocycles. The van der Waals surface area contributed by atoms with Crippen molar-refractivity contribution in [3.63, 3.8) is 0 Å². The number of fused-ring (bicyclic) bond motifs is 1. The number of nitrogens with one attached hydrogen (secondary N) is 2. The molecule has 3 rings (SSSR count). The van der Waals surface area contributed by atoms with Crippen molar-refractivity contribution in [3.8, 4) is 5.75 Å². The van der Waals surface area contributed by atoms with Gasteiger partial charge in [0, 0.05) is 51.0 Å². The predicted molar refractivity (Wildman–Crippen MR) is 115 cm³/mol. The van der Waals surface area contributed by atoms with E-state index in [1.54, 1.807) is 0 Å². The van der Waals surface area contributed by atoms with Crippen LogP contribution in [0, 0.1) is 5.41 Å². The minimum Gasteiger partial charge on any atom is -0.493 e. The highest BCUT2D eigenvalue weighted by molar-refractivity contribution is 5.99. The molecule has 1 aromatic heterocycles. The van der Waals surface area contributed by atoms with E-state index < -0.39 is 0 Å². The van der Waals surface area contributed by atoms with E-state index in [9.17, 15) is 0 Å². The molecular weight excluding hydrogens is 354 g/mol. The maximum atomic E-state index is 7.35. The SMILES string of the molecule is CCCOc1cc(N2CCN(CCN(C)C)CC2)cc2ncnc(NC=N)c12. The van der Waals surface area contributed by atoms with Crippen molar-refractivity contribution >= 4 is 28.7 Å². The minimum atomic E-state index is 0.603. The van der Waals surface area contributed by atoms with Crippen molar-refractivity contribution in [3.05, 3.63) is 18.5 Å². The van der Waals surface area contributed by atoms with Crippen molar-refractivity contribution in [1.82, 2.24) is 19.8 Å². The number of benzene rings is 1. The fourth-order valence-corrected chi connectivity index (χ4v) is 3.40. The highest BCUT2D eigenvalue weighted by atomic mass is 16.5. The summed E-state index contributed by atoms with van der Waals surface area (Å²) in [5.74, 6) is 1.38. The van der Waals surface area contributed by atoms with Gasteiger partial charge in [-0.1, -0.05) is 6.92 Å². The first-order valence-electron chi connectivity index (χ1n) is 9.91. The summed E-state index contributed by atoms with van der Waals surface area (Å²) in [7, 11) is 4.24. The highest BCUT2D eigenvalue weighted by Gasteiger charge is 2.20. The largest absolute Gasteiger partial charge is 0.493 e. The predicted octanol–water partition coefficient (Wildman–Crippen LogP) is 2.12. The Bertz CT molecular complexity index is 787. The van der Waals surface area contributed by atoms with Crippen LogP contribution < -0.4 is 15.0 Å². The molecule has 28 heavy (non-hydrogen) atoms. The maximum absolute atomic E-state index is 7.35. The van der Waals surface area contributed by atoms with Crippen LogP contribution in [0.4, 0.5) is 11.5 Å². The fraction of sp³-hybridized carbons (Fsp3) is 0.550. The molecule has 0 spiro atoms. The van der Waals surface area contributed by atoms with Gasteiger partial charge >= 0.3 is 0 Å². The van der Waals surface area contributed by atoms with E-state index in [2.05, 4.69) is 63.1 Å². The quantitative estimate of drug-likeness (QED) is 0.505. The van der Waals surface area contributed by atoms with Crippen molar-refractivity contribution in [1.29, 1.82) is 5.41 Å². The summed E-state index contributed by atoms with van der Waals surface area (Å²) in [6.45, 7) is 9.01. The van der Waals surface area contributed by atoms with Crippen LogP contribution in [0.3, 0.4) is 0 Å². The van der Waals surface area contributed by atoms with Crippen LogP contribution in [0.2, 0.25) is 0 Å². The maximum Gasteiger partial charge on any atom is 0.146 e. The summed E-state index contributed by atoms with van der Waals surface area (Å²) in [4.78, 5) is 15.9. The molecule has 0 bridgehead atoms. The Balaban J connectivity index is 1.83. The average molecular weight is 386 g/mol. The van der Waals surface area contributed by atoms with Crippen LogP contribution in [0.25, 0.3) is 10.9 Å². The van der Waals surface area contributed by atoms with Crippen molar-refractivity contribution in [2.45, 2.75) is 13.3 Å². The van der Waals surface area contributed by atoms with E-state index in [-0.39, 0.29) is 0 Å². The smallest absolute Gasteiger partial charge is 0.146 e. The number of anilines is 2. The average Bonchev–Trinajstić information content (AvgIpc) is 2.71. The normalized spacial score (nSPS) is 15.2. The summed E-state index contributed by atoms with van der Waals surface area (Å²) in [6.07, 6.45) is 3.59. The molecule has 1 aromatic carbocycles. The Kier molecular flexibility index (Phi) is 7.00. The lowest BCUT2D eigenvalue weighted by Crippen LogP contribution is -2.48. The third-order valence-electron chi connectivity index (χ3n) is 4.96. The van der Waals surface area contributed by atoms with Gasteiger partial charge in [-0.3, -0.25) is 10.3 Å². The number of rotatable bonds is 9. The van der Waals surface area contributed by atoms with Crippen molar-refractivity contribution in [2.24, 2.45) is 0 Å². The van der Waals surface area contributed by atoms with Gasteiger partial charge in [0.25, 0.3) is 0 Å².